The molecule has 4 aliphatic heterocycles. The Morgan fingerprint density at radius 2 is 0.947 bits per heavy atom. The third-order valence-corrected chi connectivity index (χ3v) is 10.8. The van der Waals surface area contributed by atoms with Crippen LogP contribution in [0, 0.1) is 55.4 Å². The van der Waals surface area contributed by atoms with Gasteiger partial charge in [-0.15, -0.1) is 45.4 Å². The molecule has 9 heterocycles. The standard InChI is InChI=1S/C8H10N4O6S.C8H10N4O3.C8H10.3C7H9N.ClHO3S.ClH.O3S/c13-8-11-3-5(12(8)18-19(14,15)16)1-2-6(11)7-10-9-4-17-7;13-8-11-3-5(12(8)14)1-2-6(11)7-10-9-4-15-7;1-7-4-3-5-8(2)6-7;3*1-6-4-3-5-7(2)8-6;1-5(2,3)4;;1-4(2)3/h4-6H,1-3H2,(H,14,15,16);4-6,14H,1-3H2;3-6H,1-2H3;3*3-5H,1-2H3;(H,2,3,4);1H;/p-1/t2*5-,6+;;;;;;;/m11......./s1. The molecule has 76 heavy (non-hydrogen) atoms. The second-order valence-corrected chi connectivity index (χ2v) is 20.0. The van der Waals surface area contributed by atoms with E-state index in [1.54, 1.807) is 4.90 Å². The van der Waals surface area contributed by atoms with Crippen LogP contribution in [-0.2, 0) is 34.6 Å². The molecule has 4 atom stereocenters. The van der Waals surface area contributed by atoms with Gasteiger partial charge in [0.1, 0.15) is 12.1 Å². The van der Waals surface area contributed by atoms with E-state index in [2.05, 4.69) is 88.4 Å². The molecule has 4 fully saturated rings. The molecule has 5 aromatic heterocycles. The number of aromatic nitrogens is 7. The molecule has 10 rings (SSSR count). The van der Waals surface area contributed by atoms with Crippen molar-refractivity contribution >= 4 is 65.5 Å². The highest BCUT2D eigenvalue weighted by atomic mass is 35.7. The van der Waals surface area contributed by atoms with Gasteiger partial charge in [-0.25, -0.2) is 23.1 Å². The maximum absolute atomic E-state index is 12.0. The van der Waals surface area contributed by atoms with Crippen molar-refractivity contribution in [2.45, 2.75) is 105 Å². The Balaban J connectivity index is 0.000000312. The number of aryl methyl sites for hydroxylation is 8. The van der Waals surface area contributed by atoms with Crippen molar-refractivity contribution < 1.29 is 66.5 Å². The van der Waals surface area contributed by atoms with Gasteiger partial charge in [0.25, 0.3) is 0 Å². The fourth-order valence-corrected chi connectivity index (χ4v) is 7.87. The Morgan fingerprint density at radius 3 is 1.24 bits per heavy atom. The highest BCUT2D eigenvalue weighted by Crippen LogP contribution is 2.38. The van der Waals surface area contributed by atoms with Gasteiger partial charge in [-0.05, 0) is 117 Å². The number of benzene rings is 1. The lowest BCUT2D eigenvalue weighted by atomic mass is 10.0. The van der Waals surface area contributed by atoms with Crippen molar-refractivity contribution in [3.8, 4) is 0 Å². The van der Waals surface area contributed by atoms with Gasteiger partial charge in [-0.3, -0.25) is 24.7 Å². The number of hydrogen-bond donors (Lipinski definition) is 2. The van der Waals surface area contributed by atoms with E-state index in [1.807, 2.05) is 96.1 Å². The number of carbonyl (C=O) groups is 2. The van der Waals surface area contributed by atoms with Crippen LogP contribution in [0.25, 0.3) is 0 Å². The summed E-state index contributed by atoms with van der Waals surface area (Å²) in [7, 11) is -8.22. The number of amides is 4. The molecular formula is C45H58Cl2N11O15S3-. The maximum atomic E-state index is 12.0. The zero-order valence-corrected chi connectivity index (χ0v) is 46.4. The van der Waals surface area contributed by atoms with Crippen molar-refractivity contribution in [1.29, 1.82) is 0 Å². The first kappa shape index (κ1) is 65.5. The Morgan fingerprint density at radius 1 is 0.618 bits per heavy atom. The molecule has 416 valence electrons. The largest absolute Gasteiger partial charge is 0.724 e. The number of fused-ring (bicyclic) bond motifs is 4. The normalized spacial score (nSPS) is 17.7. The van der Waals surface area contributed by atoms with Crippen LogP contribution in [0.1, 0.15) is 94.8 Å². The van der Waals surface area contributed by atoms with Crippen LogP contribution in [0.4, 0.5) is 9.59 Å². The molecule has 1 aromatic carbocycles. The van der Waals surface area contributed by atoms with Crippen LogP contribution in [0.2, 0.25) is 0 Å². The molecule has 0 aliphatic carbocycles. The number of pyridine rings is 3. The SMILES string of the molecule is Cc1cccc(C)c1.Cc1cccc(C)n1.Cc1cccc(C)n1.Cc1cccc(C)n1.Cl.O=C1N(O)[C@@H]2CC[C@@H](c3nnco3)N1C2.O=C1N2C[C@@H](CC[C@H]2c2nnco2)N1OS(=O)(=O)[O-].O=S(=O)(O)Cl.O=S(=O)=O. The fraction of sp³-hybridized carbons (Fsp3) is 0.400. The molecule has 0 saturated carbocycles. The zero-order valence-electron chi connectivity index (χ0n) is 42.3. The molecule has 2 N–H and O–H groups in total. The highest BCUT2D eigenvalue weighted by molar-refractivity contribution is 8.09. The summed E-state index contributed by atoms with van der Waals surface area (Å²) in [5.41, 5.74) is 9.20. The van der Waals surface area contributed by atoms with Crippen LogP contribution in [-0.4, -0.2) is 136 Å². The number of hydrogen-bond acceptors (Lipinski definition) is 21. The van der Waals surface area contributed by atoms with Gasteiger partial charge in [0.15, 0.2) is 0 Å². The summed E-state index contributed by atoms with van der Waals surface area (Å²) in [5, 5.41) is 25.5. The average molecular weight is 1160 g/mol. The molecule has 0 unspecified atom stereocenters. The third kappa shape index (κ3) is 24.4. The third-order valence-electron chi connectivity index (χ3n) is 10.4. The van der Waals surface area contributed by atoms with Crippen LogP contribution in [0.15, 0.2) is 100 Å². The molecular weight excluding hydrogens is 1100 g/mol. The molecule has 26 nitrogen and oxygen atoms in total. The second kappa shape index (κ2) is 31.5. The summed E-state index contributed by atoms with van der Waals surface area (Å²) < 4.78 is 96.6. The van der Waals surface area contributed by atoms with E-state index in [-0.39, 0.29) is 43.0 Å². The number of hydroxylamine groups is 4. The molecule has 4 aliphatic rings. The first-order valence-electron chi connectivity index (χ1n) is 22.4. The maximum Gasteiger partial charge on any atom is 0.425 e. The Kier molecular flexibility index (Phi) is 27.1. The fourth-order valence-electron chi connectivity index (χ4n) is 7.49. The van der Waals surface area contributed by atoms with Crippen LogP contribution in [0.3, 0.4) is 0 Å². The Bertz CT molecular complexity index is 2840. The van der Waals surface area contributed by atoms with E-state index in [4.69, 9.17) is 34.4 Å². The van der Waals surface area contributed by atoms with Gasteiger partial charge < -0.3 is 23.2 Å². The minimum atomic E-state index is -4.97. The molecule has 31 heteroatoms. The van der Waals surface area contributed by atoms with E-state index in [0.717, 1.165) is 58.5 Å². The number of nitrogens with zero attached hydrogens (tertiary/aromatic N) is 11. The second-order valence-electron chi connectivity index (χ2n) is 16.6. The minimum Gasteiger partial charge on any atom is -0.724 e. The van der Waals surface area contributed by atoms with Crippen molar-refractivity contribution in [2.24, 2.45) is 0 Å². The summed E-state index contributed by atoms with van der Waals surface area (Å²) in [5.74, 6) is 0.718. The predicted octanol–water partition coefficient (Wildman–Crippen LogP) is 6.65. The van der Waals surface area contributed by atoms with Gasteiger partial charge in [-0.1, -0.05) is 53.6 Å². The lowest BCUT2D eigenvalue weighted by molar-refractivity contribution is -0.0584. The minimum absolute atomic E-state index is 0. The molecule has 0 radical (unpaired) electrons. The number of halogens is 2. The van der Waals surface area contributed by atoms with Gasteiger partial charge in [0.05, 0.1) is 12.1 Å². The zero-order chi connectivity index (χ0) is 56.0. The monoisotopic (exact) mass is 1160 g/mol. The Hall–Kier alpha value is -6.57. The van der Waals surface area contributed by atoms with Crippen molar-refractivity contribution in [3.63, 3.8) is 0 Å². The lowest BCUT2D eigenvalue weighted by Gasteiger charge is -2.27. The van der Waals surface area contributed by atoms with Crippen LogP contribution < -0.4 is 0 Å². The highest BCUT2D eigenvalue weighted by Gasteiger charge is 2.49. The van der Waals surface area contributed by atoms with E-state index in [0.29, 0.717) is 30.3 Å². The average Bonchev–Trinajstić information content (AvgIpc) is 4.12. The van der Waals surface area contributed by atoms with Crippen LogP contribution >= 0.6 is 23.1 Å². The van der Waals surface area contributed by atoms with Crippen molar-refractivity contribution in [3.05, 3.63) is 149 Å². The predicted molar refractivity (Wildman–Crippen MR) is 272 cm³/mol. The van der Waals surface area contributed by atoms with E-state index in [1.165, 1.54) is 22.4 Å². The van der Waals surface area contributed by atoms with E-state index >= 15 is 0 Å². The number of rotatable bonds is 4. The summed E-state index contributed by atoms with van der Waals surface area (Å²) in [6, 6.07) is 24.2. The van der Waals surface area contributed by atoms with E-state index in [9.17, 15) is 27.8 Å². The first-order chi connectivity index (χ1) is 35.1. The summed E-state index contributed by atoms with van der Waals surface area (Å²) in [4.78, 5) is 39.1. The topological polar surface area (TPSA) is 356 Å². The van der Waals surface area contributed by atoms with Crippen molar-refractivity contribution in [2.75, 3.05) is 13.1 Å². The van der Waals surface area contributed by atoms with Crippen LogP contribution in [0.5, 0.6) is 0 Å². The summed E-state index contributed by atoms with van der Waals surface area (Å²) in [6.45, 7) is 16.9. The van der Waals surface area contributed by atoms with Gasteiger partial charge in [-0.2, -0.15) is 17.8 Å². The Labute approximate surface area is 452 Å². The van der Waals surface area contributed by atoms with Gasteiger partial charge in [0, 0.05) is 57.9 Å². The molecule has 4 amide bonds. The smallest absolute Gasteiger partial charge is 0.425 e. The molecule has 0 spiro atoms. The van der Waals surface area contributed by atoms with Gasteiger partial charge in [0.2, 0.25) is 35.0 Å². The van der Waals surface area contributed by atoms with Crippen molar-refractivity contribution in [1.82, 2.24) is 55.3 Å². The molecule has 4 bridgehead atoms. The summed E-state index contributed by atoms with van der Waals surface area (Å²) in [6.07, 6.45) is 4.90. The lowest BCUT2D eigenvalue weighted by Crippen LogP contribution is -2.35. The molecule has 4 saturated heterocycles. The number of carbonyl (C=O) groups excluding carboxylic acids is 2. The van der Waals surface area contributed by atoms with E-state index < -0.39 is 48.5 Å². The number of piperidine rings is 2. The van der Waals surface area contributed by atoms with Gasteiger partial charge >= 0.3 is 32.0 Å². The summed E-state index contributed by atoms with van der Waals surface area (Å²) >= 11 is 0. The number of urea groups is 2. The molecule has 6 aromatic rings. The first-order valence-corrected chi connectivity index (χ1v) is 27.0. The quantitative estimate of drug-likeness (QED) is 0.0807.